The highest BCUT2D eigenvalue weighted by Gasteiger charge is 2.26. The Kier molecular flexibility index (Phi) is 6.59. The van der Waals surface area contributed by atoms with E-state index in [1.54, 1.807) is 13.3 Å². The van der Waals surface area contributed by atoms with Gasteiger partial charge in [0.2, 0.25) is 16.0 Å². The van der Waals surface area contributed by atoms with Gasteiger partial charge in [-0.15, -0.1) is 0 Å². The molecule has 0 aromatic carbocycles. The van der Waals surface area contributed by atoms with Gasteiger partial charge in [-0.05, 0) is 31.7 Å². The Bertz CT molecular complexity index is 1090. The summed E-state index contributed by atoms with van der Waals surface area (Å²) < 4.78 is 32.0. The molecule has 2 fully saturated rings. The molecule has 2 aromatic heterocycles. The average molecular weight is 450 g/mol. The quantitative estimate of drug-likeness (QED) is 0.688. The number of rotatable bonds is 7. The van der Waals surface area contributed by atoms with Gasteiger partial charge in [-0.25, -0.2) is 17.7 Å². The van der Waals surface area contributed by atoms with Crippen LogP contribution in [0.5, 0.6) is 0 Å². The summed E-state index contributed by atoms with van der Waals surface area (Å²) in [4.78, 5) is 22.5. The van der Waals surface area contributed by atoms with Gasteiger partial charge in [0.05, 0.1) is 12.9 Å². The van der Waals surface area contributed by atoms with E-state index in [1.165, 1.54) is 10.6 Å². The molecule has 4 rings (SSSR count). The first-order valence-corrected chi connectivity index (χ1v) is 12.8. The molecule has 0 atom stereocenters. The topological polar surface area (TPSA) is 106 Å². The number of anilines is 1. The molecule has 0 unspecified atom stereocenters. The van der Waals surface area contributed by atoms with Gasteiger partial charge in [-0.3, -0.25) is 9.36 Å². The summed E-state index contributed by atoms with van der Waals surface area (Å²) in [6, 6.07) is 2.15. The van der Waals surface area contributed by atoms with Crippen molar-refractivity contribution in [1.82, 2.24) is 18.8 Å². The normalized spacial score (nSPS) is 19.3. The SMILES string of the molecule is COCCc1cc2cnc(NC3CCN(S(C)(=O)=O)CC3)nc2n(C2CCCC2)c1=O. The monoisotopic (exact) mass is 449 g/mol. The Morgan fingerprint density at radius 1 is 1.19 bits per heavy atom. The third-order valence-corrected chi connectivity index (χ3v) is 7.67. The van der Waals surface area contributed by atoms with Gasteiger partial charge >= 0.3 is 0 Å². The van der Waals surface area contributed by atoms with Gasteiger partial charge in [-0.1, -0.05) is 12.8 Å². The van der Waals surface area contributed by atoms with E-state index in [-0.39, 0.29) is 17.6 Å². The molecule has 0 bridgehead atoms. The van der Waals surface area contributed by atoms with Crippen molar-refractivity contribution in [3.05, 3.63) is 28.2 Å². The molecule has 0 radical (unpaired) electrons. The number of pyridine rings is 1. The van der Waals surface area contributed by atoms with Crippen molar-refractivity contribution < 1.29 is 13.2 Å². The number of nitrogens with one attached hydrogen (secondary N) is 1. The van der Waals surface area contributed by atoms with Crippen molar-refractivity contribution in [1.29, 1.82) is 0 Å². The van der Waals surface area contributed by atoms with E-state index in [0.29, 0.717) is 50.6 Å². The lowest BCUT2D eigenvalue weighted by Gasteiger charge is -2.30. The van der Waals surface area contributed by atoms with Gasteiger partial charge in [0, 0.05) is 55.9 Å². The predicted molar refractivity (Wildman–Crippen MR) is 120 cm³/mol. The molecule has 1 aliphatic carbocycles. The Hall–Kier alpha value is -2.04. The van der Waals surface area contributed by atoms with Crippen LogP contribution in [0.4, 0.5) is 5.95 Å². The van der Waals surface area contributed by atoms with Crippen molar-refractivity contribution >= 4 is 27.0 Å². The molecule has 31 heavy (non-hydrogen) atoms. The van der Waals surface area contributed by atoms with Crippen LogP contribution in [0.15, 0.2) is 17.1 Å². The number of hydrogen-bond donors (Lipinski definition) is 1. The maximum atomic E-state index is 13.3. The maximum Gasteiger partial charge on any atom is 0.255 e. The first kappa shape index (κ1) is 22.2. The third kappa shape index (κ3) is 4.91. The lowest BCUT2D eigenvalue weighted by molar-refractivity contribution is 0.202. The minimum atomic E-state index is -3.15. The summed E-state index contributed by atoms with van der Waals surface area (Å²) in [6.07, 6.45) is 9.19. The van der Waals surface area contributed by atoms with E-state index in [9.17, 15) is 13.2 Å². The van der Waals surface area contributed by atoms with Crippen LogP contribution >= 0.6 is 0 Å². The van der Waals surface area contributed by atoms with Crippen LogP contribution in [0.1, 0.15) is 50.1 Å². The van der Waals surface area contributed by atoms with E-state index >= 15 is 0 Å². The highest BCUT2D eigenvalue weighted by molar-refractivity contribution is 7.88. The minimum absolute atomic E-state index is 0.0163. The second-order valence-corrected chi connectivity index (χ2v) is 10.6. The number of ether oxygens (including phenoxy) is 1. The van der Waals surface area contributed by atoms with Crippen LogP contribution in [0.25, 0.3) is 11.0 Å². The largest absolute Gasteiger partial charge is 0.384 e. The number of aromatic nitrogens is 3. The molecule has 1 N–H and O–H groups in total. The van der Waals surface area contributed by atoms with Crippen LogP contribution in [0.3, 0.4) is 0 Å². The maximum absolute atomic E-state index is 13.3. The highest BCUT2D eigenvalue weighted by Crippen LogP contribution is 2.31. The standard InChI is InChI=1S/C21H31N5O4S/c1-30-12-9-15-13-16-14-22-21(23-17-7-10-25(11-8-17)31(2,28)29)24-19(16)26(20(15)27)18-5-3-4-6-18/h13-14,17-18H,3-12H2,1-2H3,(H,22,23,24). The number of nitrogens with zero attached hydrogens (tertiary/aromatic N) is 4. The molecule has 1 saturated carbocycles. The number of sulfonamides is 1. The molecule has 170 valence electrons. The van der Waals surface area contributed by atoms with E-state index in [0.717, 1.165) is 36.6 Å². The predicted octanol–water partition coefficient (Wildman–Crippen LogP) is 1.93. The van der Waals surface area contributed by atoms with E-state index in [1.807, 2.05) is 10.6 Å². The second-order valence-electron chi connectivity index (χ2n) is 8.58. The van der Waals surface area contributed by atoms with Crippen molar-refractivity contribution in [2.24, 2.45) is 0 Å². The molecule has 10 heteroatoms. The smallest absolute Gasteiger partial charge is 0.255 e. The first-order valence-electron chi connectivity index (χ1n) is 11.0. The molecule has 3 heterocycles. The molecule has 2 aromatic rings. The summed E-state index contributed by atoms with van der Waals surface area (Å²) in [5, 5.41) is 4.21. The number of hydrogen-bond acceptors (Lipinski definition) is 7. The van der Waals surface area contributed by atoms with E-state index < -0.39 is 10.0 Å². The molecule has 1 aliphatic heterocycles. The number of fused-ring (bicyclic) bond motifs is 1. The molecule has 0 spiro atoms. The summed E-state index contributed by atoms with van der Waals surface area (Å²) in [7, 11) is -1.52. The molecule has 0 amide bonds. The third-order valence-electron chi connectivity index (χ3n) is 6.37. The second kappa shape index (κ2) is 9.22. The zero-order chi connectivity index (χ0) is 22.0. The van der Waals surface area contributed by atoms with E-state index in [4.69, 9.17) is 9.72 Å². The molecule has 2 aliphatic rings. The van der Waals surface area contributed by atoms with Gasteiger partial charge in [0.1, 0.15) is 5.65 Å². The summed E-state index contributed by atoms with van der Waals surface area (Å²) in [5.41, 5.74) is 1.42. The van der Waals surface area contributed by atoms with Gasteiger partial charge in [0.15, 0.2) is 0 Å². The van der Waals surface area contributed by atoms with Gasteiger partial charge in [-0.2, -0.15) is 4.98 Å². The zero-order valence-corrected chi connectivity index (χ0v) is 19.0. The Morgan fingerprint density at radius 2 is 1.90 bits per heavy atom. The van der Waals surface area contributed by atoms with Crippen LogP contribution in [0, 0.1) is 0 Å². The Morgan fingerprint density at radius 3 is 2.55 bits per heavy atom. The molecular formula is C21H31N5O4S. The molecule has 9 nitrogen and oxygen atoms in total. The fourth-order valence-electron chi connectivity index (χ4n) is 4.65. The summed E-state index contributed by atoms with van der Waals surface area (Å²) in [5.74, 6) is 0.487. The summed E-state index contributed by atoms with van der Waals surface area (Å²) in [6.45, 7) is 1.47. The van der Waals surface area contributed by atoms with Crippen LogP contribution in [0.2, 0.25) is 0 Å². The van der Waals surface area contributed by atoms with Gasteiger partial charge < -0.3 is 10.1 Å². The lowest BCUT2D eigenvalue weighted by atomic mass is 10.1. The van der Waals surface area contributed by atoms with Crippen molar-refractivity contribution in [3.8, 4) is 0 Å². The average Bonchev–Trinajstić information content (AvgIpc) is 3.26. The van der Waals surface area contributed by atoms with Gasteiger partial charge in [0.25, 0.3) is 5.56 Å². The fraction of sp³-hybridized carbons (Fsp3) is 0.667. The lowest BCUT2D eigenvalue weighted by Crippen LogP contribution is -2.42. The molecular weight excluding hydrogens is 418 g/mol. The van der Waals surface area contributed by atoms with E-state index in [2.05, 4.69) is 10.3 Å². The summed E-state index contributed by atoms with van der Waals surface area (Å²) >= 11 is 0. The number of methoxy groups -OCH3 is 1. The van der Waals surface area contributed by atoms with Crippen LogP contribution in [-0.2, 0) is 21.2 Å². The highest BCUT2D eigenvalue weighted by atomic mass is 32.2. The van der Waals surface area contributed by atoms with Crippen LogP contribution in [-0.4, -0.2) is 66.4 Å². The minimum Gasteiger partial charge on any atom is -0.384 e. The molecule has 1 saturated heterocycles. The zero-order valence-electron chi connectivity index (χ0n) is 18.2. The van der Waals surface area contributed by atoms with Crippen LogP contribution < -0.4 is 10.9 Å². The van der Waals surface area contributed by atoms with Crippen molar-refractivity contribution in [2.75, 3.05) is 38.4 Å². The fourth-order valence-corrected chi connectivity index (χ4v) is 5.53. The Labute approximate surface area is 182 Å². The van der Waals surface area contributed by atoms with Crippen molar-refractivity contribution in [2.45, 2.75) is 57.0 Å². The Balaban J connectivity index is 1.62. The first-order chi connectivity index (χ1) is 14.9. The number of piperidine rings is 1. The van der Waals surface area contributed by atoms with Crippen molar-refractivity contribution in [3.63, 3.8) is 0 Å².